The molecule has 5 rings (SSSR count). The first-order chi connectivity index (χ1) is 16.0. The van der Waals surface area contributed by atoms with Crippen molar-refractivity contribution in [2.24, 2.45) is 0 Å². The zero-order chi connectivity index (χ0) is 22.9. The number of fused-ring (bicyclic) bond motifs is 1. The molecule has 0 aliphatic carbocycles. The maximum Gasteiger partial charge on any atom is 0.295 e. The Bertz CT molecular complexity index is 1260. The molecular formula is C25H19ClN2O5. The van der Waals surface area contributed by atoms with Crippen molar-refractivity contribution in [1.29, 1.82) is 0 Å². The van der Waals surface area contributed by atoms with E-state index in [0.29, 0.717) is 40.9 Å². The summed E-state index contributed by atoms with van der Waals surface area (Å²) in [6, 6.07) is 14.6. The predicted octanol–water partition coefficient (Wildman–Crippen LogP) is 4.13. The molecule has 8 heteroatoms. The molecule has 0 spiro atoms. The lowest BCUT2D eigenvalue weighted by Gasteiger charge is -2.25. The van der Waals surface area contributed by atoms with Gasteiger partial charge in [0.25, 0.3) is 11.7 Å². The number of aliphatic hydroxyl groups excluding tert-OH is 1. The number of ether oxygens (including phenoxy) is 2. The van der Waals surface area contributed by atoms with E-state index in [1.54, 1.807) is 67.0 Å². The molecule has 3 heterocycles. The first-order valence-electron chi connectivity index (χ1n) is 10.4. The van der Waals surface area contributed by atoms with Gasteiger partial charge >= 0.3 is 0 Å². The Morgan fingerprint density at radius 3 is 2.42 bits per heavy atom. The molecule has 1 fully saturated rings. The molecule has 7 nitrogen and oxygen atoms in total. The molecule has 33 heavy (non-hydrogen) atoms. The van der Waals surface area contributed by atoms with E-state index >= 15 is 0 Å². The molecule has 0 saturated carbocycles. The molecule has 2 aromatic carbocycles. The molecule has 1 aromatic heterocycles. The number of aromatic nitrogens is 1. The van der Waals surface area contributed by atoms with E-state index in [9.17, 15) is 14.7 Å². The highest BCUT2D eigenvalue weighted by atomic mass is 35.5. The van der Waals surface area contributed by atoms with Crippen LogP contribution in [0.15, 0.2) is 72.6 Å². The third kappa shape index (κ3) is 3.91. The fourth-order valence-electron chi connectivity index (χ4n) is 4.07. The quantitative estimate of drug-likeness (QED) is 0.356. The molecule has 3 aromatic rings. The second kappa shape index (κ2) is 8.60. The number of amides is 1. The summed E-state index contributed by atoms with van der Waals surface area (Å²) in [5, 5.41) is 11.8. The average Bonchev–Trinajstić information content (AvgIpc) is 3.09. The zero-order valence-electron chi connectivity index (χ0n) is 17.4. The number of nitrogens with zero attached hydrogens (tertiary/aromatic N) is 2. The van der Waals surface area contributed by atoms with Crippen LogP contribution in [0.1, 0.15) is 22.7 Å². The minimum Gasteiger partial charge on any atom is -0.507 e. The smallest absolute Gasteiger partial charge is 0.295 e. The van der Waals surface area contributed by atoms with Gasteiger partial charge in [-0.2, -0.15) is 0 Å². The zero-order valence-corrected chi connectivity index (χ0v) is 18.2. The fourth-order valence-corrected chi connectivity index (χ4v) is 4.19. The summed E-state index contributed by atoms with van der Waals surface area (Å²) in [6.45, 7) is 1.01. The SMILES string of the molecule is O=C1C(=O)N(Cc2ccncc2)C(c2ccc(Cl)cc2)/C1=C(/O)c1ccc2c(c1)OCCO2. The van der Waals surface area contributed by atoms with Crippen LogP contribution in [0.3, 0.4) is 0 Å². The number of hydrogen-bond acceptors (Lipinski definition) is 6. The minimum absolute atomic E-state index is 0.00746. The lowest BCUT2D eigenvalue weighted by Crippen LogP contribution is -2.29. The highest BCUT2D eigenvalue weighted by Crippen LogP contribution is 2.42. The normalized spacial score (nSPS) is 19.1. The van der Waals surface area contributed by atoms with E-state index in [-0.39, 0.29) is 17.9 Å². The van der Waals surface area contributed by atoms with Crippen molar-refractivity contribution in [1.82, 2.24) is 9.88 Å². The Balaban J connectivity index is 1.63. The molecule has 166 valence electrons. The third-order valence-electron chi connectivity index (χ3n) is 5.64. The van der Waals surface area contributed by atoms with Crippen molar-refractivity contribution < 1.29 is 24.2 Å². The number of benzene rings is 2. The van der Waals surface area contributed by atoms with Gasteiger partial charge in [0.15, 0.2) is 11.5 Å². The maximum atomic E-state index is 13.2. The van der Waals surface area contributed by atoms with Crippen LogP contribution in [-0.2, 0) is 16.1 Å². The summed E-state index contributed by atoms with van der Waals surface area (Å²) >= 11 is 6.06. The van der Waals surface area contributed by atoms with Crippen LogP contribution in [0.2, 0.25) is 5.02 Å². The second-order valence-electron chi connectivity index (χ2n) is 7.69. The highest BCUT2D eigenvalue weighted by Gasteiger charge is 2.46. The Morgan fingerprint density at radius 1 is 1.00 bits per heavy atom. The van der Waals surface area contributed by atoms with Gasteiger partial charge in [0.1, 0.15) is 19.0 Å². The maximum absolute atomic E-state index is 13.2. The van der Waals surface area contributed by atoms with Crippen LogP contribution in [0.5, 0.6) is 11.5 Å². The molecule has 0 radical (unpaired) electrons. The molecule has 2 aliphatic heterocycles. The van der Waals surface area contributed by atoms with Crippen LogP contribution < -0.4 is 9.47 Å². The van der Waals surface area contributed by atoms with Gasteiger partial charge in [0.2, 0.25) is 0 Å². The van der Waals surface area contributed by atoms with E-state index in [1.165, 1.54) is 4.90 Å². The number of Topliss-reactive ketones (excluding diaryl/α,β-unsaturated/α-hetero) is 1. The first-order valence-corrected chi connectivity index (χ1v) is 10.7. The Kier molecular flexibility index (Phi) is 5.48. The summed E-state index contributed by atoms with van der Waals surface area (Å²) in [6.07, 6.45) is 3.25. The highest BCUT2D eigenvalue weighted by molar-refractivity contribution is 6.46. The predicted molar refractivity (Wildman–Crippen MR) is 121 cm³/mol. The Labute approximate surface area is 194 Å². The van der Waals surface area contributed by atoms with Crippen LogP contribution in [0, 0.1) is 0 Å². The van der Waals surface area contributed by atoms with Crippen molar-refractivity contribution in [3.05, 3.63) is 94.3 Å². The van der Waals surface area contributed by atoms with E-state index in [1.807, 2.05) is 0 Å². The van der Waals surface area contributed by atoms with Crippen LogP contribution in [-0.4, -0.2) is 39.9 Å². The summed E-state index contributed by atoms with van der Waals surface area (Å²) in [5.41, 5.74) is 1.84. The van der Waals surface area contributed by atoms with E-state index in [2.05, 4.69) is 4.98 Å². The summed E-state index contributed by atoms with van der Waals surface area (Å²) in [5.74, 6) is -0.686. The van der Waals surface area contributed by atoms with E-state index < -0.39 is 17.7 Å². The topological polar surface area (TPSA) is 89.0 Å². The van der Waals surface area contributed by atoms with Gasteiger partial charge < -0.3 is 19.5 Å². The van der Waals surface area contributed by atoms with Crippen LogP contribution in [0.4, 0.5) is 0 Å². The van der Waals surface area contributed by atoms with Crippen molar-refractivity contribution >= 4 is 29.1 Å². The lowest BCUT2D eigenvalue weighted by molar-refractivity contribution is -0.140. The second-order valence-corrected chi connectivity index (χ2v) is 8.13. The number of likely N-dealkylation sites (tertiary alicyclic amines) is 1. The van der Waals surface area contributed by atoms with Crippen molar-refractivity contribution in [3.63, 3.8) is 0 Å². The number of aliphatic hydroxyl groups is 1. The van der Waals surface area contributed by atoms with Gasteiger partial charge in [0.05, 0.1) is 11.6 Å². The molecule has 1 saturated heterocycles. The van der Waals surface area contributed by atoms with Gasteiger partial charge in [-0.25, -0.2) is 0 Å². The van der Waals surface area contributed by atoms with Gasteiger partial charge in [0, 0.05) is 29.5 Å². The Morgan fingerprint density at radius 2 is 1.70 bits per heavy atom. The average molecular weight is 463 g/mol. The van der Waals surface area contributed by atoms with Gasteiger partial charge in [-0.15, -0.1) is 0 Å². The van der Waals surface area contributed by atoms with E-state index in [4.69, 9.17) is 21.1 Å². The Hall–Kier alpha value is -3.84. The number of ketones is 1. The molecule has 0 bridgehead atoms. The summed E-state index contributed by atoms with van der Waals surface area (Å²) < 4.78 is 11.1. The van der Waals surface area contributed by atoms with Crippen molar-refractivity contribution in [2.45, 2.75) is 12.6 Å². The number of carbonyl (C=O) groups is 2. The number of carbonyl (C=O) groups excluding carboxylic acids is 2. The molecule has 1 N–H and O–H groups in total. The van der Waals surface area contributed by atoms with Gasteiger partial charge in [-0.3, -0.25) is 14.6 Å². The third-order valence-corrected chi connectivity index (χ3v) is 5.90. The van der Waals surface area contributed by atoms with Crippen molar-refractivity contribution in [2.75, 3.05) is 13.2 Å². The van der Waals surface area contributed by atoms with E-state index in [0.717, 1.165) is 5.56 Å². The number of pyridine rings is 1. The van der Waals surface area contributed by atoms with Crippen molar-refractivity contribution in [3.8, 4) is 11.5 Å². The minimum atomic E-state index is -0.788. The molecule has 2 aliphatic rings. The van der Waals surface area contributed by atoms with Crippen LogP contribution in [0.25, 0.3) is 5.76 Å². The first kappa shape index (κ1) is 21.0. The fraction of sp³-hybridized carbons (Fsp3) is 0.160. The number of halogens is 1. The van der Waals surface area contributed by atoms with Gasteiger partial charge in [-0.05, 0) is 53.6 Å². The molecular weight excluding hydrogens is 444 g/mol. The number of rotatable bonds is 4. The molecule has 1 atom stereocenters. The van der Waals surface area contributed by atoms with Crippen LogP contribution >= 0.6 is 11.6 Å². The standard InChI is InChI=1S/C25H19ClN2O5/c26-18-4-1-16(2-5-18)22-21(23(29)17-3-6-19-20(13-17)33-12-11-32-19)24(30)25(31)28(22)14-15-7-9-27-10-8-15/h1-10,13,22,29H,11-12,14H2/b23-21-. The molecule has 1 unspecified atom stereocenters. The summed E-state index contributed by atoms with van der Waals surface area (Å²) in [7, 11) is 0. The monoisotopic (exact) mass is 462 g/mol. The molecule has 1 amide bonds. The number of hydrogen-bond donors (Lipinski definition) is 1. The summed E-state index contributed by atoms with van der Waals surface area (Å²) in [4.78, 5) is 31.7. The lowest BCUT2D eigenvalue weighted by atomic mass is 9.95. The van der Waals surface area contributed by atoms with Gasteiger partial charge in [-0.1, -0.05) is 23.7 Å². The largest absolute Gasteiger partial charge is 0.507 e.